The quantitative estimate of drug-likeness (QED) is 0.754. The molecule has 0 saturated carbocycles. The number of hydrogen-bond acceptors (Lipinski definition) is 4. The maximum Gasteiger partial charge on any atom is 0.241 e. The highest BCUT2D eigenvalue weighted by atomic mass is 32.2. The molecule has 1 atom stereocenters. The van der Waals surface area contributed by atoms with E-state index in [0.717, 1.165) is 5.56 Å². The number of aromatic nitrogens is 1. The van der Waals surface area contributed by atoms with Crippen molar-refractivity contribution >= 4 is 15.9 Å². The van der Waals surface area contributed by atoms with Crippen LogP contribution in [-0.2, 0) is 21.4 Å². The largest absolute Gasteiger partial charge is 0.351 e. The van der Waals surface area contributed by atoms with E-state index in [1.807, 2.05) is 19.9 Å². The Morgan fingerprint density at radius 1 is 1.12 bits per heavy atom. The van der Waals surface area contributed by atoms with Crippen molar-refractivity contribution in [3.63, 3.8) is 0 Å². The number of amides is 1. The summed E-state index contributed by atoms with van der Waals surface area (Å²) in [5.41, 5.74) is 0.852. The number of rotatable bonds is 8. The Bertz CT molecular complexity index is 778. The Morgan fingerprint density at radius 2 is 1.84 bits per heavy atom. The van der Waals surface area contributed by atoms with Crippen LogP contribution in [0.3, 0.4) is 0 Å². The zero-order chi connectivity index (χ0) is 18.3. The van der Waals surface area contributed by atoms with Crippen molar-refractivity contribution in [2.75, 3.05) is 0 Å². The van der Waals surface area contributed by atoms with Crippen LogP contribution in [0.4, 0.5) is 0 Å². The van der Waals surface area contributed by atoms with Crippen molar-refractivity contribution in [3.05, 3.63) is 60.4 Å². The van der Waals surface area contributed by atoms with E-state index in [1.165, 1.54) is 12.1 Å². The molecule has 2 N–H and O–H groups in total. The molecule has 2 rings (SSSR count). The monoisotopic (exact) mass is 361 g/mol. The number of benzene rings is 1. The molecule has 1 aromatic carbocycles. The molecule has 0 saturated heterocycles. The van der Waals surface area contributed by atoms with E-state index in [-0.39, 0.29) is 16.7 Å². The Morgan fingerprint density at radius 3 is 2.44 bits per heavy atom. The minimum atomic E-state index is -3.76. The molecule has 1 heterocycles. The first-order valence-corrected chi connectivity index (χ1v) is 9.61. The van der Waals surface area contributed by atoms with Gasteiger partial charge in [-0.15, -0.1) is 0 Å². The van der Waals surface area contributed by atoms with E-state index in [2.05, 4.69) is 15.0 Å². The SMILES string of the molecule is CC(C)C[C@H](NS(=O)(=O)c1ccccc1)C(=O)NCc1cccnc1. The van der Waals surface area contributed by atoms with Gasteiger partial charge in [0.1, 0.15) is 6.04 Å². The van der Waals surface area contributed by atoms with Crippen molar-refractivity contribution in [1.29, 1.82) is 0 Å². The molecule has 134 valence electrons. The third-order valence-electron chi connectivity index (χ3n) is 3.56. The van der Waals surface area contributed by atoms with Crippen LogP contribution in [-0.4, -0.2) is 25.4 Å². The molecule has 1 amide bonds. The van der Waals surface area contributed by atoms with Gasteiger partial charge in [-0.1, -0.05) is 38.1 Å². The molecule has 0 bridgehead atoms. The Labute approximate surface area is 148 Å². The summed E-state index contributed by atoms with van der Waals surface area (Å²) in [5, 5.41) is 2.77. The number of carbonyl (C=O) groups excluding carboxylic acids is 1. The number of pyridine rings is 1. The van der Waals surface area contributed by atoms with Crippen molar-refractivity contribution in [2.24, 2.45) is 5.92 Å². The molecule has 1 aromatic heterocycles. The highest BCUT2D eigenvalue weighted by Crippen LogP contribution is 2.12. The number of carbonyl (C=O) groups is 1. The predicted octanol–water partition coefficient (Wildman–Crippen LogP) is 2.09. The van der Waals surface area contributed by atoms with Crippen LogP contribution in [0.2, 0.25) is 0 Å². The Kier molecular flexibility index (Phi) is 6.66. The second-order valence-electron chi connectivity index (χ2n) is 6.20. The van der Waals surface area contributed by atoms with E-state index in [1.54, 1.807) is 36.7 Å². The summed E-state index contributed by atoms with van der Waals surface area (Å²) in [5.74, 6) is -0.190. The fourth-order valence-electron chi connectivity index (χ4n) is 2.35. The zero-order valence-electron chi connectivity index (χ0n) is 14.3. The van der Waals surface area contributed by atoms with Crippen LogP contribution < -0.4 is 10.0 Å². The maximum atomic E-state index is 12.5. The summed E-state index contributed by atoms with van der Waals surface area (Å²) in [7, 11) is -3.76. The second kappa shape index (κ2) is 8.73. The number of nitrogens with one attached hydrogen (secondary N) is 2. The van der Waals surface area contributed by atoms with Crippen molar-refractivity contribution in [3.8, 4) is 0 Å². The third kappa shape index (κ3) is 5.95. The van der Waals surface area contributed by atoms with E-state index < -0.39 is 16.1 Å². The predicted molar refractivity (Wildman–Crippen MR) is 96.1 cm³/mol. The summed E-state index contributed by atoms with van der Waals surface area (Å²) in [6.07, 6.45) is 3.72. The van der Waals surface area contributed by atoms with Gasteiger partial charge in [-0.3, -0.25) is 9.78 Å². The minimum Gasteiger partial charge on any atom is -0.351 e. The first kappa shape index (κ1) is 19.1. The second-order valence-corrected chi connectivity index (χ2v) is 7.91. The lowest BCUT2D eigenvalue weighted by molar-refractivity contribution is -0.123. The van der Waals surface area contributed by atoms with Gasteiger partial charge in [0.05, 0.1) is 4.90 Å². The Balaban J connectivity index is 2.08. The molecule has 0 aliphatic rings. The molecule has 25 heavy (non-hydrogen) atoms. The molecular formula is C18H23N3O3S. The highest BCUT2D eigenvalue weighted by Gasteiger charge is 2.26. The minimum absolute atomic E-state index is 0.142. The average molecular weight is 361 g/mol. The lowest BCUT2D eigenvalue weighted by Crippen LogP contribution is -2.47. The first-order chi connectivity index (χ1) is 11.9. The van der Waals surface area contributed by atoms with Gasteiger partial charge in [0.25, 0.3) is 0 Å². The zero-order valence-corrected chi connectivity index (χ0v) is 15.2. The van der Waals surface area contributed by atoms with Crippen molar-refractivity contribution in [2.45, 2.75) is 37.8 Å². The Hall–Kier alpha value is -2.25. The fraction of sp³-hybridized carbons (Fsp3) is 0.333. The lowest BCUT2D eigenvalue weighted by atomic mass is 10.0. The molecule has 0 aliphatic carbocycles. The molecule has 7 heteroatoms. The van der Waals surface area contributed by atoms with E-state index >= 15 is 0 Å². The summed E-state index contributed by atoms with van der Waals surface area (Å²) < 4.78 is 27.5. The molecular weight excluding hydrogens is 338 g/mol. The summed E-state index contributed by atoms with van der Waals surface area (Å²) in [4.78, 5) is 16.6. The summed E-state index contributed by atoms with van der Waals surface area (Å²) in [6, 6.07) is 10.8. The van der Waals surface area contributed by atoms with Gasteiger partial charge in [0, 0.05) is 18.9 Å². The maximum absolute atomic E-state index is 12.5. The topological polar surface area (TPSA) is 88.2 Å². The average Bonchev–Trinajstić information content (AvgIpc) is 2.60. The van der Waals surface area contributed by atoms with Gasteiger partial charge in [-0.25, -0.2) is 8.42 Å². The van der Waals surface area contributed by atoms with Crippen LogP contribution in [0.5, 0.6) is 0 Å². The van der Waals surface area contributed by atoms with Gasteiger partial charge in [0.2, 0.25) is 15.9 Å². The van der Waals surface area contributed by atoms with Crippen LogP contribution in [0.1, 0.15) is 25.8 Å². The molecule has 6 nitrogen and oxygen atoms in total. The smallest absolute Gasteiger partial charge is 0.241 e. The van der Waals surface area contributed by atoms with Crippen LogP contribution in [0.15, 0.2) is 59.8 Å². The third-order valence-corrected chi connectivity index (χ3v) is 5.05. The van der Waals surface area contributed by atoms with E-state index in [0.29, 0.717) is 13.0 Å². The van der Waals surface area contributed by atoms with Crippen molar-refractivity contribution < 1.29 is 13.2 Å². The molecule has 0 fully saturated rings. The van der Waals surface area contributed by atoms with E-state index in [9.17, 15) is 13.2 Å². The van der Waals surface area contributed by atoms with Crippen LogP contribution >= 0.6 is 0 Å². The lowest BCUT2D eigenvalue weighted by Gasteiger charge is -2.20. The van der Waals surface area contributed by atoms with Gasteiger partial charge in [0.15, 0.2) is 0 Å². The number of nitrogens with zero attached hydrogens (tertiary/aromatic N) is 1. The highest BCUT2D eigenvalue weighted by molar-refractivity contribution is 7.89. The van der Waals surface area contributed by atoms with Gasteiger partial charge in [-0.05, 0) is 36.1 Å². The standard InChI is InChI=1S/C18H23N3O3S/c1-14(2)11-17(18(22)20-13-15-7-6-10-19-12-15)21-25(23,24)16-8-4-3-5-9-16/h3-10,12,14,17,21H,11,13H2,1-2H3,(H,20,22)/t17-/m0/s1. The van der Waals surface area contributed by atoms with Gasteiger partial charge >= 0.3 is 0 Å². The first-order valence-electron chi connectivity index (χ1n) is 8.12. The summed E-state index contributed by atoms with van der Waals surface area (Å²) >= 11 is 0. The molecule has 2 aromatic rings. The van der Waals surface area contributed by atoms with Crippen molar-refractivity contribution in [1.82, 2.24) is 15.0 Å². The summed E-state index contributed by atoms with van der Waals surface area (Å²) in [6.45, 7) is 4.19. The molecule has 0 radical (unpaired) electrons. The molecule has 0 spiro atoms. The normalized spacial score (nSPS) is 12.8. The fourth-order valence-corrected chi connectivity index (χ4v) is 3.58. The number of sulfonamides is 1. The van der Waals surface area contributed by atoms with Gasteiger partial charge < -0.3 is 5.32 Å². The van der Waals surface area contributed by atoms with E-state index in [4.69, 9.17) is 0 Å². The molecule has 0 unspecified atom stereocenters. The van der Waals surface area contributed by atoms with Crippen LogP contribution in [0, 0.1) is 5.92 Å². The molecule has 0 aliphatic heterocycles. The van der Waals surface area contributed by atoms with Crippen LogP contribution in [0.25, 0.3) is 0 Å². The van der Waals surface area contributed by atoms with Gasteiger partial charge in [-0.2, -0.15) is 4.72 Å². The number of hydrogen-bond donors (Lipinski definition) is 2.